The predicted molar refractivity (Wildman–Crippen MR) is 105 cm³/mol. The second-order valence-electron chi connectivity index (χ2n) is 5.52. The summed E-state index contributed by atoms with van der Waals surface area (Å²) in [5.74, 6) is 1.75. The van der Waals surface area contributed by atoms with Crippen LogP contribution in [-0.4, -0.2) is 38.9 Å². The maximum Gasteiger partial charge on any atom is 0.191 e. The summed E-state index contributed by atoms with van der Waals surface area (Å²) in [6.45, 7) is 7.30. The van der Waals surface area contributed by atoms with Crippen molar-refractivity contribution < 1.29 is 9.47 Å². The summed E-state index contributed by atoms with van der Waals surface area (Å²) < 4.78 is 10.9. The molecule has 130 valence electrons. The number of halogens is 1. The molecule has 5 nitrogen and oxygen atoms in total. The van der Waals surface area contributed by atoms with Crippen LogP contribution in [-0.2, 0) is 11.3 Å². The SMILES string of the molecule is CCNC(=NCc1ccc(OC)c(C)c1)NCC1CCCO1.I. The van der Waals surface area contributed by atoms with Crippen molar-refractivity contribution in [3.63, 3.8) is 0 Å². The first-order valence-electron chi connectivity index (χ1n) is 8.00. The van der Waals surface area contributed by atoms with Crippen LogP contribution in [0.5, 0.6) is 5.75 Å². The average molecular weight is 433 g/mol. The molecular formula is C17H28IN3O2. The number of aryl methyl sites for hydroxylation is 1. The van der Waals surface area contributed by atoms with Gasteiger partial charge in [0.2, 0.25) is 0 Å². The van der Waals surface area contributed by atoms with Gasteiger partial charge in [-0.15, -0.1) is 24.0 Å². The lowest BCUT2D eigenvalue weighted by Gasteiger charge is -2.15. The lowest BCUT2D eigenvalue weighted by molar-refractivity contribution is 0.114. The van der Waals surface area contributed by atoms with E-state index in [2.05, 4.69) is 34.7 Å². The molecule has 0 aliphatic carbocycles. The molecule has 6 heteroatoms. The Morgan fingerprint density at radius 2 is 2.22 bits per heavy atom. The molecule has 1 aromatic carbocycles. The number of ether oxygens (including phenoxy) is 2. The molecular weight excluding hydrogens is 405 g/mol. The van der Waals surface area contributed by atoms with E-state index in [1.165, 1.54) is 5.56 Å². The maximum absolute atomic E-state index is 5.63. The fourth-order valence-corrected chi connectivity index (χ4v) is 2.57. The highest BCUT2D eigenvalue weighted by molar-refractivity contribution is 14.0. The molecule has 1 heterocycles. The van der Waals surface area contributed by atoms with Gasteiger partial charge in [-0.3, -0.25) is 0 Å². The van der Waals surface area contributed by atoms with Gasteiger partial charge in [-0.1, -0.05) is 12.1 Å². The molecule has 0 bridgehead atoms. The van der Waals surface area contributed by atoms with Crippen LogP contribution in [0.3, 0.4) is 0 Å². The van der Waals surface area contributed by atoms with Crippen molar-refractivity contribution in [3.05, 3.63) is 29.3 Å². The number of hydrogen-bond donors (Lipinski definition) is 2. The summed E-state index contributed by atoms with van der Waals surface area (Å²) in [7, 11) is 1.69. The zero-order valence-corrected chi connectivity index (χ0v) is 16.6. The minimum Gasteiger partial charge on any atom is -0.496 e. The summed E-state index contributed by atoms with van der Waals surface area (Å²) in [4.78, 5) is 4.64. The zero-order chi connectivity index (χ0) is 15.8. The van der Waals surface area contributed by atoms with Crippen LogP contribution in [0.4, 0.5) is 0 Å². The summed E-state index contributed by atoms with van der Waals surface area (Å²) >= 11 is 0. The quantitative estimate of drug-likeness (QED) is 0.412. The Morgan fingerprint density at radius 3 is 2.83 bits per heavy atom. The fraction of sp³-hybridized carbons (Fsp3) is 0.588. The van der Waals surface area contributed by atoms with E-state index in [0.717, 1.165) is 49.8 Å². The fourth-order valence-electron chi connectivity index (χ4n) is 2.57. The summed E-state index contributed by atoms with van der Waals surface area (Å²) in [5.41, 5.74) is 2.31. The highest BCUT2D eigenvalue weighted by atomic mass is 127. The molecule has 23 heavy (non-hydrogen) atoms. The van der Waals surface area contributed by atoms with Gasteiger partial charge in [0.15, 0.2) is 5.96 Å². The van der Waals surface area contributed by atoms with Crippen LogP contribution in [0, 0.1) is 6.92 Å². The minimum atomic E-state index is 0. The molecule has 0 radical (unpaired) electrons. The Hall–Kier alpha value is -1.02. The molecule has 1 aromatic rings. The van der Waals surface area contributed by atoms with Gasteiger partial charge in [-0.05, 0) is 43.9 Å². The highest BCUT2D eigenvalue weighted by Gasteiger charge is 2.15. The number of hydrogen-bond acceptors (Lipinski definition) is 3. The Bertz CT molecular complexity index is 503. The normalized spacial score (nSPS) is 17.5. The van der Waals surface area contributed by atoms with E-state index in [4.69, 9.17) is 9.47 Å². The Kier molecular flexibility index (Phi) is 9.31. The molecule has 1 saturated heterocycles. The van der Waals surface area contributed by atoms with Crippen molar-refractivity contribution in [2.24, 2.45) is 4.99 Å². The first-order valence-corrected chi connectivity index (χ1v) is 8.00. The van der Waals surface area contributed by atoms with Crippen molar-refractivity contribution in [2.45, 2.75) is 39.3 Å². The molecule has 2 N–H and O–H groups in total. The van der Waals surface area contributed by atoms with Gasteiger partial charge >= 0.3 is 0 Å². The van der Waals surface area contributed by atoms with E-state index in [0.29, 0.717) is 12.6 Å². The number of nitrogens with one attached hydrogen (secondary N) is 2. The minimum absolute atomic E-state index is 0. The topological polar surface area (TPSA) is 54.9 Å². The molecule has 0 saturated carbocycles. The number of methoxy groups -OCH3 is 1. The van der Waals surface area contributed by atoms with Crippen LogP contribution >= 0.6 is 24.0 Å². The number of aliphatic imine (C=N–C) groups is 1. The third-order valence-electron chi connectivity index (χ3n) is 3.74. The van der Waals surface area contributed by atoms with Gasteiger partial charge < -0.3 is 20.1 Å². The molecule has 0 spiro atoms. The van der Waals surface area contributed by atoms with E-state index < -0.39 is 0 Å². The molecule has 1 atom stereocenters. The molecule has 0 amide bonds. The highest BCUT2D eigenvalue weighted by Crippen LogP contribution is 2.18. The number of rotatable bonds is 6. The Balaban J connectivity index is 0.00000264. The van der Waals surface area contributed by atoms with Crippen LogP contribution in [0.25, 0.3) is 0 Å². The van der Waals surface area contributed by atoms with Gasteiger partial charge in [0.1, 0.15) is 5.75 Å². The van der Waals surface area contributed by atoms with Gasteiger partial charge in [0.05, 0.1) is 19.8 Å². The average Bonchev–Trinajstić information content (AvgIpc) is 3.03. The van der Waals surface area contributed by atoms with Crippen LogP contribution < -0.4 is 15.4 Å². The number of benzene rings is 1. The molecule has 1 unspecified atom stereocenters. The van der Waals surface area contributed by atoms with Gasteiger partial charge in [-0.2, -0.15) is 0 Å². The third-order valence-corrected chi connectivity index (χ3v) is 3.74. The molecule has 2 rings (SSSR count). The summed E-state index contributed by atoms with van der Waals surface area (Å²) in [6, 6.07) is 6.16. The summed E-state index contributed by atoms with van der Waals surface area (Å²) in [5, 5.41) is 6.63. The van der Waals surface area contributed by atoms with Crippen LogP contribution in [0.2, 0.25) is 0 Å². The first kappa shape index (κ1) is 20.0. The lowest BCUT2D eigenvalue weighted by atomic mass is 10.1. The second kappa shape index (κ2) is 10.7. The van der Waals surface area contributed by atoms with Gasteiger partial charge in [0.25, 0.3) is 0 Å². The van der Waals surface area contributed by atoms with Crippen molar-refractivity contribution in [2.75, 3.05) is 26.8 Å². The number of guanidine groups is 1. The molecule has 1 aliphatic rings. The van der Waals surface area contributed by atoms with E-state index in [9.17, 15) is 0 Å². The number of nitrogens with zero attached hydrogens (tertiary/aromatic N) is 1. The largest absolute Gasteiger partial charge is 0.496 e. The second-order valence-corrected chi connectivity index (χ2v) is 5.52. The van der Waals surface area contributed by atoms with Gasteiger partial charge in [-0.25, -0.2) is 4.99 Å². The van der Waals surface area contributed by atoms with E-state index in [-0.39, 0.29) is 24.0 Å². The van der Waals surface area contributed by atoms with Crippen LogP contribution in [0.1, 0.15) is 30.9 Å². The molecule has 0 aromatic heterocycles. The van der Waals surface area contributed by atoms with Crippen molar-refractivity contribution in [1.82, 2.24) is 10.6 Å². The molecule has 1 aliphatic heterocycles. The first-order chi connectivity index (χ1) is 10.7. The summed E-state index contributed by atoms with van der Waals surface area (Å²) in [6.07, 6.45) is 2.60. The maximum atomic E-state index is 5.63. The molecule has 1 fully saturated rings. The predicted octanol–water partition coefficient (Wildman–Crippen LogP) is 2.86. The standard InChI is InChI=1S/C17H27N3O2.HI/c1-4-18-17(20-12-15-6-5-9-22-15)19-11-14-7-8-16(21-3)13(2)10-14;/h7-8,10,15H,4-6,9,11-12H2,1-3H3,(H2,18,19,20);1H. The monoisotopic (exact) mass is 433 g/mol. The Morgan fingerprint density at radius 1 is 1.39 bits per heavy atom. The third kappa shape index (κ3) is 6.55. The van der Waals surface area contributed by atoms with Crippen molar-refractivity contribution >= 4 is 29.9 Å². The van der Waals surface area contributed by atoms with Crippen molar-refractivity contribution in [1.29, 1.82) is 0 Å². The van der Waals surface area contributed by atoms with Crippen LogP contribution in [0.15, 0.2) is 23.2 Å². The zero-order valence-electron chi connectivity index (χ0n) is 14.2. The lowest BCUT2D eigenvalue weighted by Crippen LogP contribution is -2.41. The smallest absolute Gasteiger partial charge is 0.191 e. The van der Waals surface area contributed by atoms with Crippen molar-refractivity contribution in [3.8, 4) is 5.75 Å². The van der Waals surface area contributed by atoms with E-state index >= 15 is 0 Å². The van der Waals surface area contributed by atoms with E-state index in [1.807, 2.05) is 13.0 Å². The van der Waals surface area contributed by atoms with E-state index in [1.54, 1.807) is 7.11 Å². The Labute approximate surface area is 156 Å². The van der Waals surface area contributed by atoms with Gasteiger partial charge in [0, 0.05) is 19.7 Å².